The lowest BCUT2D eigenvalue weighted by Gasteiger charge is -2.35. The summed E-state index contributed by atoms with van der Waals surface area (Å²) < 4.78 is 33.4. The second kappa shape index (κ2) is 8.43. The predicted molar refractivity (Wildman–Crippen MR) is 119 cm³/mol. The summed E-state index contributed by atoms with van der Waals surface area (Å²) >= 11 is 0. The van der Waals surface area contributed by atoms with Crippen molar-refractivity contribution in [2.75, 3.05) is 44.3 Å². The molecule has 174 valence electrons. The highest BCUT2D eigenvalue weighted by molar-refractivity contribution is 7.89. The summed E-state index contributed by atoms with van der Waals surface area (Å²) in [4.78, 5) is 29.4. The summed E-state index contributed by atoms with van der Waals surface area (Å²) in [5, 5.41) is 0. The summed E-state index contributed by atoms with van der Waals surface area (Å²) in [6, 6.07) is 5.22. The number of hydrogen-bond donors (Lipinski definition) is 0. The molecule has 1 aromatic carbocycles. The van der Waals surface area contributed by atoms with Gasteiger partial charge in [0.15, 0.2) is 0 Å². The molecule has 0 bridgehead atoms. The summed E-state index contributed by atoms with van der Waals surface area (Å²) in [5.41, 5.74) is 1.77. The van der Waals surface area contributed by atoms with Crippen LogP contribution in [0.25, 0.3) is 0 Å². The van der Waals surface area contributed by atoms with E-state index in [4.69, 9.17) is 4.74 Å². The maximum Gasteiger partial charge on any atom is 0.243 e. The first-order chi connectivity index (χ1) is 15.4. The smallest absolute Gasteiger partial charge is 0.243 e. The van der Waals surface area contributed by atoms with Crippen LogP contribution in [0, 0.1) is 11.8 Å². The van der Waals surface area contributed by atoms with Crippen molar-refractivity contribution in [3.63, 3.8) is 0 Å². The third-order valence-corrected chi connectivity index (χ3v) is 9.09. The molecule has 1 atom stereocenters. The molecule has 1 saturated carbocycles. The molecule has 3 fully saturated rings. The number of carbonyl (C=O) groups excluding carboxylic acids is 2. The molecular formula is C23H31N3O5S. The third kappa shape index (κ3) is 3.95. The molecular weight excluding hydrogens is 430 g/mol. The van der Waals surface area contributed by atoms with E-state index in [2.05, 4.69) is 0 Å². The minimum absolute atomic E-state index is 0.0537. The first kappa shape index (κ1) is 21.9. The van der Waals surface area contributed by atoms with E-state index in [-0.39, 0.29) is 34.6 Å². The van der Waals surface area contributed by atoms with Crippen LogP contribution in [0.2, 0.25) is 0 Å². The Morgan fingerprint density at radius 3 is 2.25 bits per heavy atom. The van der Waals surface area contributed by atoms with Gasteiger partial charge in [-0.05, 0) is 62.8 Å². The summed E-state index contributed by atoms with van der Waals surface area (Å²) in [6.07, 6.45) is 3.66. The number of rotatable bonds is 4. The Hall–Kier alpha value is -1.97. The van der Waals surface area contributed by atoms with Gasteiger partial charge in [0.05, 0.1) is 18.1 Å². The minimum atomic E-state index is -3.63. The number of piperidine rings is 1. The Kier molecular flexibility index (Phi) is 5.75. The van der Waals surface area contributed by atoms with Crippen molar-refractivity contribution < 1.29 is 22.7 Å². The van der Waals surface area contributed by atoms with Gasteiger partial charge in [0.25, 0.3) is 0 Å². The first-order valence-electron chi connectivity index (χ1n) is 11.7. The number of nitrogens with zero attached hydrogens (tertiary/aromatic N) is 3. The van der Waals surface area contributed by atoms with Gasteiger partial charge < -0.3 is 14.5 Å². The van der Waals surface area contributed by atoms with E-state index in [1.54, 1.807) is 18.2 Å². The minimum Gasteiger partial charge on any atom is -0.378 e. The van der Waals surface area contributed by atoms with Crippen LogP contribution < -0.4 is 4.90 Å². The molecule has 0 spiro atoms. The highest BCUT2D eigenvalue weighted by Crippen LogP contribution is 2.40. The van der Waals surface area contributed by atoms with E-state index < -0.39 is 10.0 Å². The number of benzene rings is 1. The van der Waals surface area contributed by atoms with Gasteiger partial charge >= 0.3 is 0 Å². The average molecular weight is 462 g/mol. The number of anilines is 1. The number of amides is 2. The van der Waals surface area contributed by atoms with Crippen LogP contribution in [0.1, 0.15) is 38.2 Å². The molecule has 2 saturated heterocycles. The zero-order chi connectivity index (χ0) is 22.5. The topological polar surface area (TPSA) is 87.2 Å². The maximum absolute atomic E-state index is 13.3. The second-order valence-electron chi connectivity index (χ2n) is 9.44. The molecule has 4 aliphatic rings. The van der Waals surface area contributed by atoms with Crippen molar-refractivity contribution in [2.24, 2.45) is 11.8 Å². The van der Waals surface area contributed by atoms with Crippen molar-refractivity contribution in [3.05, 3.63) is 23.8 Å². The van der Waals surface area contributed by atoms with Gasteiger partial charge in [0.1, 0.15) is 0 Å². The van der Waals surface area contributed by atoms with Crippen LogP contribution in [0.15, 0.2) is 23.1 Å². The standard InChI is InChI=1S/C23H31N3O5S/c1-16-14-19-15-20(4-5-21(19)26(16)23(28)17-2-3-17)32(29,30)25-8-6-18(7-9-25)22(27)24-10-12-31-13-11-24/h4-5,15-18H,2-3,6-14H2,1H3/t16-/m1/s1. The van der Waals surface area contributed by atoms with Crippen molar-refractivity contribution in [1.82, 2.24) is 9.21 Å². The summed E-state index contributed by atoms with van der Waals surface area (Å²) in [7, 11) is -3.63. The molecule has 1 aliphatic carbocycles. The van der Waals surface area contributed by atoms with Gasteiger partial charge in [-0.25, -0.2) is 8.42 Å². The summed E-state index contributed by atoms with van der Waals surface area (Å²) in [5.74, 6) is 0.298. The lowest BCUT2D eigenvalue weighted by molar-refractivity contribution is -0.140. The normalized spacial score (nSPS) is 25.1. The molecule has 0 radical (unpaired) electrons. The quantitative estimate of drug-likeness (QED) is 0.680. The molecule has 0 N–H and O–H groups in total. The molecule has 9 heteroatoms. The van der Waals surface area contributed by atoms with E-state index in [0.29, 0.717) is 58.7 Å². The Morgan fingerprint density at radius 2 is 1.59 bits per heavy atom. The number of ether oxygens (including phenoxy) is 1. The van der Waals surface area contributed by atoms with E-state index in [0.717, 1.165) is 24.1 Å². The fraction of sp³-hybridized carbons (Fsp3) is 0.652. The highest BCUT2D eigenvalue weighted by atomic mass is 32.2. The van der Waals surface area contributed by atoms with E-state index >= 15 is 0 Å². The zero-order valence-electron chi connectivity index (χ0n) is 18.5. The number of hydrogen-bond acceptors (Lipinski definition) is 5. The number of morpholine rings is 1. The van der Waals surface area contributed by atoms with Crippen molar-refractivity contribution in [3.8, 4) is 0 Å². The molecule has 0 aromatic heterocycles. The van der Waals surface area contributed by atoms with E-state index in [9.17, 15) is 18.0 Å². The third-order valence-electron chi connectivity index (χ3n) is 7.19. The van der Waals surface area contributed by atoms with Crippen LogP contribution >= 0.6 is 0 Å². The largest absolute Gasteiger partial charge is 0.378 e. The second-order valence-corrected chi connectivity index (χ2v) is 11.4. The van der Waals surface area contributed by atoms with E-state index in [1.165, 1.54) is 4.31 Å². The molecule has 2 amide bonds. The maximum atomic E-state index is 13.3. The molecule has 3 heterocycles. The predicted octanol–water partition coefficient (Wildman–Crippen LogP) is 1.63. The fourth-order valence-corrected chi connectivity index (χ4v) is 6.69. The molecule has 3 aliphatic heterocycles. The molecule has 5 rings (SSSR count). The summed E-state index contributed by atoms with van der Waals surface area (Å²) in [6.45, 7) is 5.09. The van der Waals surface area contributed by atoms with Crippen LogP contribution in [0.3, 0.4) is 0 Å². The zero-order valence-corrected chi connectivity index (χ0v) is 19.3. The van der Waals surface area contributed by atoms with Gasteiger partial charge in [-0.2, -0.15) is 4.31 Å². The Bertz CT molecular complexity index is 1010. The van der Waals surface area contributed by atoms with Crippen LogP contribution in [-0.4, -0.2) is 74.9 Å². The fourth-order valence-electron chi connectivity index (χ4n) is 5.16. The number of fused-ring (bicyclic) bond motifs is 1. The lowest BCUT2D eigenvalue weighted by Crippen LogP contribution is -2.47. The monoisotopic (exact) mass is 461 g/mol. The number of carbonyl (C=O) groups is 2. The molecule has 0 unspecified atom stereocenters. The molecule has 1 aromatic rings. The van der Waals surface area contributed by atoms with E-state index in [1.807, 2.05) is 16.7 Å². The van der Waals surface area contributed by atoms with Crippen LogP contribution in [-0.2, 0) is 30.8 Å². The van der Waals surface area contributed by atoms with Gasteiger partial charge in [-0.1, -0.05) is 0 Å². The van der Waals surface area contributed by atoms with Gasteiger partial charge in [0, 0.05) is 49.7 Å². The average Bonchev–Trinajstić information content (AvgIpc) is 3.61. The van der Waals surface area contributed by atoms with Crippen LogP contribution in [0.5, 0.6) is 0 Å². The molecule has 8 nitrogen and oxygen atoms in total. The van der Waals surface area contributed by atoms with Gasteiger partial charge in [-0.15, -0.1) is 0 Å². The molecule has 32 heavy (non-hydrogen) atoms. The van der Waals surface area contributed by atoms with Gasteiger partial charge in [-0.3, -0.25) is 9.59 Å². The van der Waals surface area contributed by atoms with Crippen LogP contribution in [0.4, 0.5) is 5.69 Å². The van der Waals surface area contributed by atoms with Crippen molar-refractivity contribution in [2.45, 2.75) is 50.0 Å². The lowest BCUT2D eigenvalue weighted by atomic mass is 9.96. The number of sulfonamides is 1. The Morgan fingerprint density at radius 1 is 0.938 bits per heavy atom. The van der Waals surface area contributed by atoms with Gasteiger partial charge in [0.2, 0.25) is 21.8 Å². The highest BCUT2D eigenvalue weighted by Gasteiger charge is 2.40. The van der Waals surface area contributed by atoms with Crippen molar-refractivity contribution in [1.29, 1.82) is 0 Å². The van der Waals surface area contributed by atoms with Crippen molar-refractivity contribution >= 4 is 27.5 Å². The Balaban J connectivity index is 1.27. The SMILES string of the molecule is C[C@@H]1Cc2cc(S(=O)(=O)N3CCC(C(=O)N4CCOCC4)CC3)ccc2N1C(=O)C1CC1. The Labute approximate surface area is 189 Å². The first-order valence-corrected chi connectivity index (χ1v) is 13.1.